The van der Waals surface area contributed by atoms with Crippen molar-refractivity contribution in [1.82, 2.24) is 39.9 Å². The summed E-state index contributed by atoms with van der Waals surface area (Å²) < 4.78 is 30.0. The normalized spacial score (nSPS) is 16.7. The van der Waals surface area contributed by atoms with Crippen LogP contribution in [0.1, 0.15) is 44.0 Å². The molecule has 7 rings (SSSR count). The number of carbonyl (C=O) groups is 4. The molecular formula is C52H66N8O11S. The predicted molar refractivity (Wildman–Crippen MR) is 271 cm³/mol. The van der Waals surface area contributed by atoms with Gasteiger partial charge in [-0.2, -0.15) is 0 Å². The number of aliphatic hydroxyl groups is 1. The summed E-state index contributed by atoms with van der Waals surface area (Å²) in [7, 11) is 4.96. The number of amides is 4. The van der Waals surface area contributed by atoms with E-state index in [0.717, 1.165) is 43.8 Å². The van der Waals surface area contributed by atoms with Gasteiger partial charge in [0.2, 0.25) is 23.6 Å². The lowest BCUT2D eigenvalue weighted by molar-refractivity contribution is -0.144. The molecule has 0 bridgehead atoms. The average molecular weight is 1010 g/mol. The third-order valence-electron chi connectivity index (χ3n) is 12.9. The highest BCUT2D eigenvalue weighted by molar-refractivity contribution is 7.13. The molecule has 19 nitrogen and oxygen atoms in total. The summed E-state index contributed by atoms with van der Waals surface area (Å²) in [5.74, 6) is -0.168. The number of rotatable bonds is 21. The first-order valence-electron chi connectivity index (χ1n) is 24.0. The van der Waals surface area contributed by atoms with E-state index in [9.17, 15) is 29.1 Å². The summed E-state index contributed by atoms with van der Waals surface area (Å²) in [5.41, 5.74) is 6.41. The molecule has 5 heterocycles. The number of nitrogens with one attached hydrogen (secondary N) is 2. The molecule has 3 N–H and O–H groups in total. The maximum Gasteiger partial charge on any atom is 0.259 e. The lowest BCUT2D eigenvalue weighted by Crippen LogP contribution is -2.58. The Kier molecular flexibility index (Phi) is 18.1. The van der Waals surface area contributed by atoms with Crippen molar-refractivity contribution in [3.05, 3.63) is 93.7 Å². The van der Waals surface area contributed by atoms with Crippen LogP contribution in [0.4, 0.5) is 0 Å². The highest BCUT2D eigenvalue weighted by Crippen LogP contribution is 2.38. The molecule has 0 radical (unpaired) electrons. The van der Waals surface area contributed by atoms with Crippen molar-refractivity contribution in [3.8, 4) is 33.1 Å². The van der Waals surface area contributed by atoms with Gasteiger partial charge >= 0.3 is 0 Å². The van der Waals surface area contributed by atoms with Gasteiger partial charge in [-0.25, -0.2) is 4.98 Å². The summed E-state index contributed by atoms with van der Waals surface area (Å²) in [6, 6.07) is 11.7. The maximum atomic E-state index is 14.0. The number of fused-ring (bicyclic) bond motifs is 1. The van der Waals surface area contributed by atoms with Crippen molar-refractivity contribution in [3.63, 3.8) is 0 Å². The highest BCUT2D eigenvalue weighted by atomic mass is 32.1. The van der Waals surface area contributed by atoms with Crippen LogP contribution in [0.15, 0.2) is 71.4 Å². The van der Waals surface area contributed by atoms with Gasteiger partial charge in [0.1, 0.15) is 36.8 Å². The van der Waals surface area contributed by atoms with Gasteiger partial charge in [-0.3, -0.25) is 33.9 Å². The summed E-state index contributed by atoms with van der Waals surface area (Å²) in [4.78, 5) is 81.2. The van der Waals surface area contributed by atoms with Gasteiger partial charge in [0, 0.05) is 83.4 Å². The number of hydrogen-bond acceptors (Lipinski definition) is 15. The van der Waals surface area contributed by atoms with E-state index in [1.165, 1.54) is 4.90 Å². The number of methoxy groups -OCH3 is 2. The molecule has 386 valence electrons. The Morgan fingerprint density at radius 1 is 0.889 bits per heavy atom. The van der Waals surface area contributed by atoms with E-state index in [-0.39, 0.29) is 76.5 Å². The fourth-order valence-corrected chi connectivity index (χ4v) is 9.76. The van der Waals surface area contributed by atoms with Gasteiger partial charge in [0.25, 0.3) is 5.56 Å². The average Bonchev–Trinajstić information content (AvgIpc) is 4.00. The molecule has 20 heteroatoms. The number of aryl methyl sites for hydroxylation is 2. The van der Waals surface area contributed by atoms with Crippen LogP contribution in [0, 0.1) is 12.3 Å². The topological polar surface area (TPSA) is 216 Å². The van der Waals surface area contributed by atoms with Crippen LogP contribution in [-0.4, -0.2) is 163 Å². The third kappa shape index (κ3) is 13.2. The number of aliphatic hydroxyl groups excluding tert-OH is 1. The Morgan fingerprint density at radius 2 is 1.56 bits per heavy atom. The number of ether oxygens (including phenoxy) is 5. The van der Waals surface area contributed by atoms with Crippen LogP contribution in [0.25, 0.3) is 32.3 Å². The largest absolute Gasteiger partial charge is 0.496 e. The minimum Gasteiger partial charge on any atom is -0.496 e. The van der Waals surface area contributed by atoms with E-state index in [1.54, 1.807) is 66.2 Å². The third-order valence-corrected chi connectivity index (χ3v) is 13.9. The molecule has 3 atom stereocenters. The quantitative estimate of drug-likeness (QED) is 0.0897. The van der Waals surface area contributed by atoms with E-state index >= 15 is 0 Å². The van der Waals surface area contributed by atoms with E-state index in [4.69, 9.17) is 23.7 Å². The molecule has 5 aromatic rings. The van der Waals surface area contributed by atoms with Crippen molar-refractivity contribution in [2.24, 2.45) is 12.5 Å². The van der Waals surface area contributed by atoms with Crippen LogP contribution >= 0.6 is 11.3 Å². The second-order valence-corrected chi connectivity index (χ2v) is 19.9. The molecule has 2 aromatic carbocycles. The predicted octanol–water partition coefficient (Wildman–Crippen LogP) is 3.55. The van der Waals surface area contributed by atoms with E-state index in [2.05, 4.69) is 25.5 Å². The second-order valence-electron chi connectivity index (χ2n) is 19.1. The van der Waals surface area contributed by atoms with Gasteiger partial charge < -0.3 is 53.8 Å². The zero-order chi connectivity index (χ0) is 51.5. The summed E-state index contributed by atoms with van der Waals surface area (Å²) in [5, 5.41) is 17.6. The first kappa shape index (κ1) is 53.5. The monoisotopic (exact) mass is 1010 g/mol. The molecule has 2 aliphatic heterocycles. The number of pyridine rings is 2. The Hall–Kier alpha value is -6.29. The van der Waals surface area contributed by atoms with Gasteiger partial charge in [0.15, 0.2) is 0 Å². The smallest absolute Gasteiger partial charge is 0.259 e. The summed E-state index contributed by atoms with van der Waals surface area (Å²) in [6.45, 7) is 10.8. The molecule has 2 fully saturated rings. The van der Waals surface area contributed by atoms with Crippen molar-refractivity contribution in [2.45, 2.75) is 65.4 Å². The fraction of sp³-hybridized carbons (Fsp3) is 0.481. The van der Waals surface area contributed by atoms with Crippen molar-refractivity contribution < 1.29 is 48.0 Å². The van der Waals surface area contributed by atoms with Crippen LogP contribution in [-0.2, 0) is 53.5 Å². The molecule has 2 aliphatic rings. The fourth-order valence-electron chi connectivity index (χ4n) is 8.95. The Balaban J connectivity index is 0.782. The van der Waals surface area contributed by atoms with E-state index in [1.807, 2.05) is 70.2 Å². The van der Waals surface area contributed by atoms with Crippen LogP contribution in [0.5, 0.6) is 11.5 Å². The SMILES string of the molecule is COc1cc(-c2cn(C)c(=O)c3cnccc23)cc(OC)c1CN1CCN(C(=O)COCCOCCOCC(=O)N[C@H](C(=O)N2C[C@H](O)C[C@H]2C(=O)NCc2ccc(-c3scnc3C)cc2)C(C)(C)C)CC1. The highest BCUT2D eigenvalue weighted by Gasteiger charge is 2.44. The number of carbonyl (C=O) groups excluding carboxylic acids is 4. The van der Waals surface area contributed by atoms with Crippen LogP contribution in [0.3, 0.4) is 0 Å². The molecular weight excluding hydrogens is 945 g/mol. The number of hydrogen-bond donors (Lipinski definition) is 3. The van der Waals surface area contributed by atoms with Gasteiger partial charge in [-0.1, -0.05) is 45.0 Å². The number of thiazole rings is 1. The zero-order valence-electron chi connectivity index (χ0n) is 42.1. The molecule has 3 aromatic heterocycles. The second kappa shape index (κ2) is 24.4. The minimum atomic E-state index is -0.991. The number of likely N-dealkylation sites (tertiary alicyclic amines) is 1. The molecule has 0 saturated carbocycles. The number of β-amino-alcohol motifs (C(OH)–C–C–N with tert-alkyl or cyclic N) is 1. The first-order valence-corrected chi connectivity index (χ1v) is 24.9. The number of nitrogens with zero attached hydrogens (tertiary/aromatic N) is 6. The Bertz CT molecular complexity index is 2730. The van der Waals surface area contributed by atoms with Crippen molar-refractivity contribution in [1.29, 1.82) is 0 Å². The summed E-state index contributed by atoms with van der Waals surface area (Å²) in [6.07, 6.45) is 4.25. The molecule has 0 spiro atoms. The van der Waals surface area contributed by atoms with Gasteiger partial charge in [-0.15, -0.1) is 11.3 Å². The maximum absolute atomic E-state index is 14.0. The van der Waals surface area contributed by atoms with Gasteiger partial charge in [-0.05, 0) is 52.6 Å². The first-order chi connectivity index (χ1) is 34.6. The van der Waals surface area contributed by atoms with E-state index in [0.29, 0.717) is 49.6 Å². The number of aromatic nitrogens is 3. The van der Waals surface area contributed by atoms with Gasteiger partial charge in [0.05, 0.1) is 73.8 Å². The van der Waals surface area contributed by atoms with Crippen LogP contribution < -0.4 is 25.7 Å². The molecule has 2 saturated heterocycles. The van der Waals surface area contributed by atoms with E-state index < -0.39 is 35.4 Å². The zero-order valence-corrected chi connectivity index (χ0v) is 42.9. The number of piperazine rings is 1. The lowest BCUT2D eigenvalue weighted by atomic mass is 9.85. The molecule has 4 amide bonds. The lowest BCUT2D eigenvalue weighted by Gasteiger charge is -2.35. The van der Waals surface area contributed by atoms with Crippen molar-refractivity contribution in [2.75, 3.05) is 86.6 Å². The Labute approximate surface area is 423 Å². The molecule has 72 heavy (non-hydrogen) atoms. The number of benzene rings is 2. The van der Waals surface area contributed by atoms with Crippen molar-refractivity contribution >= 4 is 45.7 Å². The Morgan fingerprint density at radius 3 is 2.19 bits per heavy atom. The summed E-state index contributed by atoms with van der Waals surface area (Å²) >= 11 is 1.57. The standard InChI is InChI=1S/C52H66N8O11S/c1-33-47(72-32-55-33)35-10-8-34(9-11-35)25-54-49(64)42-24-37(61)27-60(42)51(66)48(52(2,3)4)56-45(62)30-70-20-18-69-19-21-71-31-46(63)59-16-14-58(15-17-59)29-41-43(67-6)22-36(23-44(41)68-7)40-28-57(5)50(65)39-26-53-13-12-38(39)40/h8-13,22-23,26,28,32,37,42,48,61H,14-21,24-25,27,29-31H2,1-7H3,(H,54,64)(H,56,62)/t37-,42+,48-/m1/s1. The van der Waals surface area contributed by atoms with Crippen LogP contribution in [0.2, 0.25) is 0 Å². The molecule has 0 aliphatic carbocycles. The molecule has 0 unspecified atom stereocenters. The minimum absolute atomic E-state index is 0.0329.